The van der Waals surface area contributed by atoms with Gasteiger partial charge in [0.2, 0.25) is 0 Å². The van der Waals surface area contributed by atoms with Gasteiger partial charge in [-0.1, -0.05) is 30.3 Å². The van der Waals surface area contributed by atoms with Crippen molar-refractivity contribution in [1.29, 1.82) is 0 Å². The van der Waals surface area contributed by atoms with Crippen molar-refractivity contribution in [3.05, 3.63) is 67.2 Å². The summed E-state index contributed by atoms with van der Waals surface area (Å²) >= 11 is 1.64. The third kappa shape index (κ3) is 2.35. The summed E-state index contributed by atoms with van der Waals surface area (Å²) < 4.78 is 3.17. The molecule has 4 rings (SSSR count). The molecule has 0 unspecified atom stereocenters. The van der Waals surface area contributed by atoms with E-state index in [1.54, 1.807) is 15.9 Å². The summed E-state index contributed by atoms with van der Waals surface area (Å²) in [5.41, 5.74) is 1.85. The second kappa shape index (κ2) is 6.06. The van der Waals surface area contributed by atoms with Crippen LogP contribution in [0.25, 0.3) is 10.2 Å². The van der Waals surface area contributed by atoms with E-state index in [2.05, 4.69) is 0 Å². The van der Waals surface area contributed by atoms with Crippen molar-refractivity contribution in [2.75, 3.05) is 0 Å². The zero-order valence-corrected chi connectivity index (χ0v) is 14.6. The third-order valence-corrected chi connectivity index (χ3v) is 6.13. The van der Waals surface area contributed by atoms with Gasteiger partial charge in [-0.05, 0) is 43.7 Å². The second-order valence-corrected chi connectivity index (χ2v) is 7.38. The molecule has 5 heteroatoms. The molecule has 124 valence electrons. The number of hydrogen-bond acceptors (Lipinski definition) is 3. The smallest absolute Gasteiger partial charge is 0.285 e. The van der Waals surface area contributed by atoms with Gasteiger partial charge in [0.05, 0.1) is 11.9 Å². The molecule has 0 amide bonds. The quantitative estimate of drug-likeness (QED) is 0.735. The first-order valence-electron chi connectivity index (χ1n) is 8.52. The Balaban J connectivity index is 2.00. The molecule has 1 aliphatic rings. The van der Waals surface area contributed by atoms with E-state index >= 15 is 0 Å². The predicted molar refractivity (Wildman–Crippen MR) is 98.2 cm³/mol. The largest absolute Gasteiger partial charge is 0.332 e. The van der Waals surface area contributed by atoms with Crippen molar-refractivity contribution >= 4 is 21.6 Å². The van der Waals surface area contributed by atoms with Crippen LogP contribution >= 0.6 is 11.3 Å². The Hall–Kier alpha value is -2.14. The molecule has 0 bridgehead atoms. The highest BCUT2D eigenvalue weighted by atomic mass is 32.1. The zero-order valence-electron chi connectivity index (χ0n) is 13.7. The molecule has 0 spiro atoms. The lowest BCUT2D eigenvalue weighted by Crippen LogP contribution is -2.40. The molecule has 0 fully saturated rings. The number of rotatable bonds is 3. The molecule has 2 aromatic heterocycles. The molecule has 0 aliphatic heterocycles. The summed E-state index contributed by atoms with van der Waals surface area (Å²) in [4.78, 5) is 28.2. The molecule has 1 aliphatic carbocycles. The molecule has 3 aromatic rings. The minimum absolute atomic E-state index is 0.122. The van der Waals surface area contributed by atoms with Crippen molar-refractivity contribution < 1.29 is 0 Å². The molecule has 4 nitrogen and oxygen atoms in total. The Morgan fingerprint density at radius 1 is 1.04 bits per heavy atom. The number of benzene rings is 1. The minimum atomic E-state index is -0.197. The lowest BCUT2D eigenvalue weighted by molar-refractivity contribution is 0.625. The van der Waals surface area contributed by atoms with Crippen LogP contribution in [-0.4, -0.2) is 9.13 Å². The molecular weight excluding hydrogens is 320 g/mol. The topological polar surface area (TPSA) is 44.0 Å². The van der Waals surface area contributed by atoms with Gasteiger partial charge in [-0.25, -0.2) is 4.79 Å². The van der Waals surface area contributed by atoms with E-state index in [4.69, 9.17) is 0 Å². The van der Waals surface area contributed by atoms with E-state index in [0.29, 0.717) is 13.1 Å². The molecule has 0 radical (unpaired) electrons. The van der Waals surface area contributed by atoms with Crippen molar-refractivity contribution in [2.24, 2.45) is 0 Å². The van der Waals surface area contributed by atoms with Crippen LogP contribution < -0.4 is 11.2 Å². The number of nitrogens with zero attached hydrogens (tertiary/aromatic N) is 2. The van der Waals surface area contributed by atoms with Gasteiger partial charge >= 0.3 is 5.69 Å². The molecule has 0 N–H and O–H groups in total. The summed E-state index contributed by atoms with van der Waals surface area (Å²) in [6.45, 7) is 2.89. The highest BCUT2D eigenvalue weighted by Crippen LogP contribution is 2.34. The maximum atomic E-state index is 13.1. The standard InChI is InChI=1S/C19H20N2O2S/c1-2-20-18-16(14-10-6-7-11-15(14)24-18)17(22)21(19(20)23)12-13-8-4-3-5-9-13/h3-5,8-9H,2,6-7,10-12H2,1H3. The van der Waals surface area contributed by atoms with E-state index in [-0.39, 0.29) is 11.2 Å². The van der Waals surface area contributed by atoms with E-state index in [9.17, 15) is 9.59 Å². The fourth-order valence-electron chi connectivity index (χ4n) is 3.60. The summed E-state index contributed by atoms with van der Waals surface area (Å²) in [5, 5.41) is 0.784. The Labute approximate surface area is 144 Å². The van der Waals surface area contributed by atoms with Crippen LogP contribution in [0, 0.1) is 0 Å². The van der Waals surface area contributed by atoms with E-state index in [0.717, 1.165) is 35.0 Å². The summed E-state index contributed by atoms with van der Waals surface area (Å²) in [6, 6.07) is 9.72. The Morgan fingerprint density at radius 3 is 2.54 bits per heavy atom. The van der Waals surface area contributed by atoms with Gasteiger partial charge in [0.15, 0.2) is 0 Å². The van der Waals surface area contributed by atoms with Crippen LogP contribution in [0.3, 0.4) is 0 Å². The number of aryl methyl sites for hydroxylation is 3. The second-order valence-electron chi connectivity index (χ2n) is 6.29. The van der Waals surface area contributed by atoms with Crippen LogP contribution in [-0.2, 0) is 25.9 Å². The van der Waals surface area contributed by atoms with Crippen LogP contribution in [0.15, 0.2) is 39.9 Å². The Kier molecular flexibility index (Phi) is 3.88. The number of thiophene rings is 1. The third-order valence-electron chi connectivity index (χ3n) is 4.82. The van der Waals surface area contributed by atoms with E-state index < -0.39 is 0 Å². The molecular formula is C19H20N2O2S. The van der Waals surface area contributed by atoms with Gasteiger partial charge in [0, 0.05) is 11.4 Å². The maximum Gasteiger partial charge on any atom is 0.332 e. The minimum Gasteiger partial charge on any atom is -0.285 e. The Morgan fingerprint density at radius 2 is 1.79 bits per heavy atom. The van der Waals surface area contributed by atoms with Gasteiger partial charge in [-0.15, -0.1) is 11.3 Å². The first-order chi connectivity index (χ1) is 11.7. The van der Waals surface area contributed by atoms with Crippen LogP contribution in [0.2, 0.25) is 0 Å². The average molecular weight is 340 g/mol. The van der Waals surface area contributed by atoms with Crippen molar-refractivity contribution in [3.8, 4) is 0 Å². The van der Waals surface area contributed by atoms with Gasteiger partial charge in [-0.2, -0.15) is 0 Å². The first-order valence-corrected chi connectivity index (χ1v) is 9.34. The SMILES string of the molecule is CCn1c(=O)n(Cc2ccccc2)c(=O)c2c3c(sc21)CCCC3. The first kappa shape index (κ1) is 15.4. The molecule has 2 heterocycles. The fraction of sp³-hybridized carbons (Fsp3) is 0.368. The van der Waals surface area contributed by atoms with Gasteiger partial charge in [0.25, 0.3) is 5.56 Å². The number of fused-ring (bicyclic) bond motifs is 3. The van der Waals surface area contributed by atoms with Gasteiger partial charge < -0.3 is 0 Å². The highest BCUT2D eigenvalue weighted by molar-refractivity contribution is 7.18. The fourth-order valence-corrected chi connectivity index (χ4v) is 5.04. The molecule has 24 heavy (non-hydrogen) atoms. The van der Waals surface area contributed by atoms with Crippen molar-refractivity contribution in [2.45, 2.75) is 45.7 Å². The highest BCUT2D eigenvalue weighted by Gasteiger charge is 2.23. The number of aromatic nitrogens is 2. The predicted octanol–water partition coefficient (Wildman–Crippen LogP) is 3.17. The summed E-state index contributed by atoms with van der Waals surface area (Å²) in [5.74, 6) is 0. The van der Waals surface area contributed by atoms with E-state index in [1.807, 2.05) is 37.3 Å². The average Bonchev–Trinajstić information content (AvgIpc) is 2.99. The number of hydrogen-bond donors (Lipinski definition) is 0. The summed E-state index contributed by atoms with van der Waals surface area (Å²) in [7, 11) is 0. The van der Waals surface area contributed by atoms with Crippen LogP contribution in [0.1, 0.15) is 35.8 Å². The Bertz CT molecular complexity index is 1010. The van der Waals surface area contributed by atoms with E-state index in [1.165, 1.54) is 21.4 Å². The maximum absolute atomic E-state index is 13.1. The monoisotopic (exact) mass is 340 g/mol. The van der Waals surface area contributed by atoms with Gasteiger partial charge in [-0.3, -0.25) is 13.9 Å². The molecule has 0 saturated carbocycles. The van der Waals surface area contributed by atoms with Crippen LogP contribution in [0.5, 0.6) is 0 Å². The normalized spacial score (nSPS) is 14.0. The lowest BCUT2D eigenvalue weighted by atomic mass is 9.97. The molecule has 0 atom stereocenters. The van der Waals surface area contributed by atoms with Gasteiger partial charge in [0.1, 0.15) is 4.83 Å². The van der Waals surface area contributed by atoms with Crippen molar-refractivity contribution in [3.63, 3.8) is 0 Å². The van der Waals surface area contributed by atoms with Crippen LogP contribution in [0.4, 0.5) is 0 Å². The zero-order chi connectivity index (χ0) is 16.7. The molecule has 0 saturated heterocycles. The lowest BCUT2D eigenvalue weighted by Gasteiger charge is -2.12. The molecule has 1 aromatic carbocycles. The summed E-state index contributed by atoms with van der Waals surface area (Å²) in [6.07, 6.45) is 4.29. The van der Waals surface area contributed by atoms with Crippen molar-refractivity contribution in [1.82, 2.24) is 9.13 Å².